The standard InChI is InChI=1S/C18H20N4O/c23-18-19-16-8-4-5-9-17(16)21-12-10-20(11-13-22(18)21)14-15-6-2-1-3-7-15/h1-9H,10-14H2,(H,19,23). The van der Waals surface area contributed by atoms with E-state index in [-0.39, 0.29) is 6.03 Å². The van der Waals surface area contributed by atoms with E-state index < -0.39 is 0 Å². The summed E-state index contributed by atoms with van der Waals surface area (Å²) in [5.41, 5.74) is 3.28. The minimum Gasteiger partial charge on any atom is -0.304 e. The summed E-state index contributed by atoms with van der Waals surface area (Å²) in [5.74, 6) is 0. The Labute approximate surface area is 136 Å². The first-order chi connectivity index (χ1) is 11.3. The van der Waals surface area contributed by atoms with Crippen molar-refractivity contribution in [3.8, 4) is 0 Å². The predicted octanol–water partition coefficient (Wildman–Crippen LogP) is 2.77. The Morgan fingerprint density at radius 3 is 2.35 bits per heavy atom. The molecule has 1 fully saturated rings. The number of fused-ring (bicyclic) bond motifs is 3. The van der Waals surface area contributed by atoms with Gasteiger partial charge in [-0.15, -0.1) is 0 Å². The van der Waals surface area contributed by atoms with Crippen LogP contribution in [0.25, 0.3) is 0 Å². The fourth-order valence-corrected chi connectivity index (χ4v) is 3.27. The fourth-order valence-electron chi connectivity index (χ4n) is 3.27. The largest absolute Gasteiger partial charge is 0.340 e. The summed E-state index contributed by atoms with van der Waals surface area (Å²) < 4.78 is 0. The lowest BCUT2D eigenvalue weighted by atomic mass is 10.2. The van der Waals surface area contributed by atoms with Gasteiger partial charge in [-0.1, -0.05) is 42.5 Å². The predicted molar refractivity (Wildman–Crippen MR) is 91.2 cm³/mol. The molecule has 0 atom stereocenters. The number of amides is 2. The van der Waals surface area contributed by atoms with Crippen molar-refractivity contribution in [2.24, 2.45) is 0 Å². The summed E-state index contributed by atoms with van der Waals surface area (Å²) in [5, 5.41) is 6.92. The van der Waals surface area contributed by atoms with E-state index in [2.05, 4.69) is 45.6 Å². The van der Waals surface area contributed by atoms with Gasteiger partial charge in [0.25, 0.3) is 0 Å². The van der Waals surface area contributed by atoms with Crippen LogP contribution >= 0.6 is 0 Å². The highest BCUT2D eigenvalue weighted by molar-refractivity contribution is 5.97. The lowest BCUT2D eigenvalue weighted by molar-refractivity contribution is 0.203. The molecule has 23 heavy (non-hydrogen) atoms. The number of benzene rings is 2. The lowest BCUT2D eigenvalue weighted by Gasteiger charge is -2.39. The fraction of sp³-hybridized carbons (Fsp3) is 0.278. The first-order valence-corrected chi connectivity index (χ1v) is 8.02. The summed E-state index contributed by atoms with van der Waals surface area (Å²) in [4.78, 5) is 14.8. The smallest absolute Gasteiger partial charge is 0.304 e. The molecule has 5 heteroatoms. The molecule has 1 N–H and O–H groups in total. The molecule has 4 rings (SSSR count). The molecule has 0 saturated carbocycles. The van der Waals surface area contributed by atoms with Crippen LogP contribution in [0.5, 0.6) is 0 Å². The number of carbonyl (C=O) groups is 1. The number of nitrogens with one attached hydrogen (secondary N) is 1. The first kappa shape index (κ1) is 14.1. The molecule has 2 aliphatic rings. The molecule has 2 aliphatic heterocycles. The van der Waals surface area contributed by atoms with E-state index in [0.29, 0.717) is 6.54 Å². The molecule has 0 aromatic heterocycles. The Balaban J connectivity index is 1.53. The van der Waals surface area contributed by atoms with Crippen molar-refractivity contribution in [3.63, 3.8) is 0 Å². The van der Waals surface area contributed by atoms with Gasteiger partial charge < -0.3 is 5.32 Å². The highest BCUT2D eigenvalue weighted by atomic mass is 16.2. The van der Waals surface area contributed by atoms with E-state index in [1.807, 2.05) is 29.3 Å². The molecule has 2 amide bonds. The summed E-state index contributed by atoms with van der Waals surface area (Å²) in [6.07, 6.45) is 0. The maximum Gasteiger partial charge on any atom is 0.340 e. The average Bonchev–Trinajstić information content (AvgIpc) is 2.79. The van der Waals surface area contributed by atoms with Crippen LogP contribution in [0.4, 0.5) is 16.2 Å². The maximum atomic E-state index is 12.4. The van der Waals surface area contributed by atoms with Crippen LogP contribution in [0.15, 0.2) is 54.6 Å². The van der Waals surface area contributed by atoms with Crippen LogP contribution < -0.4 is 10.3 Å². The van der Waals surface area contributed by atoms with E-state index in [0.717, 1.165) is 37.6 Å². The zero-order valence-electron chi connectivity index (χ0n) is 13.0. The number of rotatable bonds is 2. The van der Waals surface area contributed by atoms with Crippen LogP contribution in [0.2, 0.25) is 0 Å². The van der Waals surface area contributed by atoms with E-state index in [4.69, 9.17) is 0 Å². The van der Waals surface area contributed by atoms with Crippen LogP contribution in [-0.2, 0) is 6.54 Å². The van der Waals surface area contributed by atoms with Gasteiger partial charge in [0.2, 0.25) is 0 Å². The molecule has 2 aromatic carbocycles. The monoisotopic (exact) mass is 308 g/mol. The topological polar surface area (TPSA) is 38.8 Å². The van der Waals surface area contributed by atoms with Crippen molar-refractivity contribution in [1.82, 2.24) is 9.91 Å². The molecular formula is C18H20N4O. The molecular weight excluding hydrogens is 288 g/mol. The third-order valence-electron chi connectivity index (χ3n) is 4.45. The molecule has 0 unspecified atom stereocenters. The zero-order chi connectivity index (χ0) is 15.6. The minimum atomic E-state index is -0.0368. The highest BCUT2D eigenvalue weighted by Crippen LogP contribution is 2.31. The van der Waals surface area contributed by atoms with Gasteiger partial charge >= 0.3 is 6.03 Å². The molecule has 0 spiro atoms. The molecule has 1 saturated heterocycles. The van der Waals surface area contributed by atoms with Crippen LogP contribution in [-0.4, -0.2) is 42.1 Å². The summed E-state index contributed by atoms with van der Waals surface area (Å²) in [6, 6.07) is 18.4. The SMILES string of the molecule is O=C1Nc2ccccc2N2CCN(Cc3ccccc3)CCN12. The van der Waals surface area contributed by atoms with Crippen molar-refractivity contribution >= 4 is 17.4 Å². The quantitative estimate of drug-likeness (QED) is 0.927. The van der Waals surface area contributed by atoms with E-state index in [1.165, 1.54) is 5.56 Å². The van der Waals surface area contributed by atoms with Crippen LogP contribution in [0.3, 0.4) is 0 Å². The number of anilines is 2. The van der Waals surface area contributed by atoms with Gasteiger partial charge in [-0.3, -0.25) is 9.91 Å². The Kier molecular flexibility index (Phi) is 3.63. The van der Waals surface area contributed by atoms with Crippen molar-refractivity contribution in [3.05, 3.63) is 60.2 Å². The van der Waals surface area contributed by atoms with Crippen LogP contribution in [0, 0.1) is 0 Å². The molecule has 118 valence electrons. The van der Waals surface area contributed by atoms with E-state index >= 15 is 0 Å². The lowest BCUT2D eigenvalue weighted by Crippen LogP contribution is -2.52. The minimum absolute atomic E-state index is 0.0368. The number of carbonyl (C=O) groups excluding carboxylic acids is 1. The number of hydrogen-bond acceptors (Lipinski definition) is 3. The summed E-state index contributed by atoms with van der Waals surface area (Å²) in [6.45, 7) is 4.25. The third kappa shape index (κ3) is 2.75. The molecule has 5 nitrogen and oxygen atoms in total. The second-order valence-electron chi connectivity index (χ2n) is 5.96. The number of urea groups is 1. The maximum absolute atomic E-state index is 12.4. The van der Waals surface area contributed by atoms with Gasteiger partial charge in [-0.25, -0.2) is 9.80 Å². The third-order valence-corrected chi connectivity index (χ3v) is 4.45. The molecule has 0 bridgehead atoms. The van der Waals surface area contributed by atoms with Gasteiger partial charge in [0.05, 0.1) is 24.5 Å². The Bertz CT molecular complexity index is 703. The highest BCUT2D eigenvalue weighted by Gasteiger charge is 2.31. The van der Waals surface area contributed by atoms with Gasteiger partial charge in [0, 0.05) is 19.6 Å². The van der Waals surface area contributed by atoms with Gasteiger partial charge in [0.1, 0.15) is 0 Å². The molecule has 0 radical (unpaired) electrons. The van der Waals surface area contributed by atoms with Crippen molar-refractivity contribution in [1.29, 1.82) is 0 Å². The zero-order valence-corrected chi connectivity index (χ0v) is 13.0. The van der Waals surface area contributed by atoms with Gasteiger partial charge in [-0.2, -0.15) is 0 Å². The Morgan fingerprint density at radius 1 is 0.826 bits per heavy atom. The summed E-state index contributed by atoms with van der Waals surface area (Å²) in [7, 11) is 0. The van der Waals surface area contributed by atoms with Gasteiger partial charge in [-0.05, 0) is 17.7 Å². The van der Waals surface area contributed by atoms with Crippen molar-refractivity contribution in [2.75, 3.05) is 36.5 Å². The second kappa shape index (κ2) is 5.93. The van der Waals surface area contributed by atoms with Crippen molar-refractivity contribution in [2.45, 2.75) is 6.54 Å². The number of para-hydroxylation sites is 2. The summed E-state index contributed by atoms with van der Waals surface area (Å²) >= 11 is 0. The second-order valence-corrected chi connectivity index (χ2v) is 5.96. The number of nitrogens with zero attached hydrogens (tertiary/aromatic N) is 3. The molecule has 2 aromatic rings. The van der Waals surface area contributed by atoms with Gasteiger partial charge in [0.15, 0.2) is 0 Å². The molecule has 0 aliphatic carbocycles. The van der Waals surface area contributed by atoms with E-state index in [1.54, 1.807) is 0 Å². The Morgan fingerprint density at radius 2 is 1.52 bits per heavy atom. The molecule has 2 heterocycles. The number of hydrogen-bond donors (Lipinski definition) is 1. The van der Waals surface area contributed by atoms with Crippen molar-refractivity contribution < 1.29 is 4.79 Å². The van der Waals surface area contributed by atoms with E-state index in [9.17, 15) is 4.79 Å². The normalized spacial score (nSPS) is 18.0. The number of hydrazine groups is 1. The Hall–Kier alpha value is -2.53. The first-order valence-electron chi connectivity index (χ1n) is 8.02. The average molecular weight is 308 g/mol. The van der Waals surface area contributed by atoms with Crippen LogP contribution in [0.1, 0.15) is 5.56 Å².